The summed E-state index contributed by atoms with van der Waals surface area (Å²) in [6.45, 7) is 3.16. The van der Waals surface area contributed by atoms with Crippen LogP contribution in [0.5, 0.6) is 5.75 Å². The Morgan fingerprint density at radius 3 is 2.94 bits per heavy atom. The first-order valence-electron chi connectivity index (χ1n) is 5.86. The highest BCUT2D eigenvalue weighted by atomic mass is 16.5. The van der Waals surface area contributed by atoms with Crippen molar-refractivity contribution in [2.24, 2.45) is 5.73 Å². The first kappa shape index (κ1) is 11.4. The van der Waals surface area contributed by atoms with Gasteiger partial charge < -0.3 is 15.8 Å². The number of rotatable bonds is 3. The van der Waals surface area contributed by atoms with Crippen molar-refractivity contribution in [3.8, 4) is 5.75 Å². The Morgan fingerprint density at radius 1 is 1.50 bits per heavy atom. The van der Waals surface area contributed by atoms with Crippen LogP contribution in [-0.4, -0.2) is 19.7 Å². The molecule has 1 aromatic carbocycles. The average molecular weight is 220 g/mol. The first-order valence-corrected chi connectivity index (χ1v) is 5.86. The van der Waals surface area contributed by atoms with Crippen LogP contribution in [0.2, 0.25) is 0 Å². The van der Waals surface area contributed by atoms with E-state index >= 15 is 0 Å². The van der Waals surface area contributed by atoms with E-state index in [4.69, 9.17) is 10.5 Å². The third-order valence-electron chi connectivity index (χ3n) is 3.28. The highest BCUT2D eigenvalue weighted by Crippen LogP contribution is 2.29. The number of ether oxygens (including phenoxy) is 1. The lowest BCUT2D eigenvalue weighted by Gasteiger charge is -2.22. The maximum absolute atomic E-state index is 6.30. The molecule has 0 saturated carbocycles. The molecule has 0 bridgehead atoms. The quantitative estimate of drug-likeness (QED) is 0.816. The van der Waals surface area contributed by atoms with Crippen molar-refractivity contribution >= 4 is 0 Å². The van der Waals surface area contributed by atoms with Crippen LogP contribution in [0.3, 0.4) is 0 Å². The minimum Gasteiger partial charge on any atom is -0.496 e. The standard InChI is InChI=1S/C13H20N2O/c1-9-5-6-12(16-2)10(8-9)13(14)11-4-3-7-15-11/h5-6,8,11,13,15H,3-4,7,14H2,1-2H3. The number of aryl methyl sites for hydroxylation is 1. The molecule has 3 heteroatoms. The molecule has 0 amide bonds. The van der Waals surface area contributed by atoms with Crippen molar-refractivity contribution in [3.05, 3.63) is 29.3 Å². The van der Waals surface area contributed by atoms with Gasteiger partial charge in [-0.1, -0.05) is 17.7 Å². The fourth-order valence-corrected chi connectivity index (χ4v) is 2.35. The van der Waals surface area contributed by atoms with Gasteiger partial charge in [0.2, 0.25) is 0 Å². The number of methoxy groups -OCH3 is 1. The molecule has 3 N–H and O–H groups in total. The molecule has 1 aliphatic rings. The van der Waals surface area contributed by atoms with E-state index < -0.39 is 0 Å². The van der Waals surface area contributed by atoms with Crippen LogP contribution in [0.4, 0.5) is 0 Å². The zero-order valence-electron chi connectivity index (χ0n) is 9.99. The van der Waals surface area contributed by atoms with Crippen LogP contribution in [0.25, 0.3) is 0 Å². The van der Waals surface area contributed by atoms with Gasteiger partial charge in [-0.25, -0.2) is 0 Å². The third-order valence-corrected chi connectivity index (χ3v) is 3.28. The smallest absolute Gasteiger partial charge is 0.123 e. The van der Waals surface area contributed by atoms with Crippen LogP contribution >= 0.6 is 0 Å². The average Bonchev–Trinajstić information content (AvgIpc) is 2.81. The van der Waals surface area contributed by atoms with Crippen LogP contribution in [0.15, 0.2) is 18.2 Å². The molecule has 1 heterocycles. The SMILES string of the molecule is COc1ccc(C)cc1C(N)C1CCCN1. The minimum absolute atomic E-state index is 0.0253. The predicted molar refractivity (Wildman–Crippen MR) is 65.7 cm³/mol. The molecule has 2 unspecified atom stereocenters. The molecular weight excluding hydrogens is 200 g/mol. The maximum Gasteiger partial charge on any atom is 0.123 e. The summed E-state index contributed by atoms with van der Waals surface area (Å²) in [5, 5.41) is 3.45. The van der Waals surface area contributed by atoms with Gasteiger partial charge in [0.05, 0.1) is 7.11 Å². The summed E-state index contributed by atoms with van der Waals surface area (Å²) in [6, 6.07) is 6.59. The zero-order valence-corrected chi connectivity index (χ0v) is 9.99. The number of nitrogens with one attached hydrogen (secondary N) is 1. The summed E-state index contributed by atoms with van der Waals surface area (Å²) in [7, 11) is 1.70. The highest BCUT2D eigenvalue weighted by molar-refractivity contribution is 5.39. The van der Waals surface area contributed by atoms with Crippen LogP contribution in [0.1, 0.15) is 30.0 Å². The van der Waals surface area contributed by atoms with Crippen molar-refractivity contribution in [3.63, 3.8) is 0 Å². The minimum atomic E-state index is 0.0253. The van der Waals surface area contributed by atoms with Gasteiger partial charge in [0.25, 0.3) is 0 Å². The van der Waals surface area contributed by atoms with E-state index in [2.05, 4.69) is 24.4 Å². The molecule has 1 aromatic rings. The number of hydrogen-bond acceptors (Lipinski definition) is 3. The second-order valence-electron chi connectivity index (χ2n) is 4.47. The van der Waals surface area contributed by atoms with Gasteiger partial charge in [-0.05, 0) is 32.4 Å². The van der Waals surface area contributed by atoms with Crippen molar-refractivity contribution < 1.29 is 4.74 Å². The summed E-state index contributed by atoms with van der Waals surface area (Å²) in [5.74, 6) is 0.895. The van der Waals surface area contributed by atoms with Crippen molar-refractivity contribution in [1.29, 1.82) is 0 Å². The molecule has 1 saturated heterocycles. The number of benzene rings is 1. The van der Waals surface area contributed by atoms with Crippen LogP contribution < -0.4 is 15.8 Å². The lowest BCUT2D eigenvalue weighted by molar-refractivity contribution is 0.396. The van der Waals surface area contributed by atoms with Gasteiger partial charge in [0.15, 0.2) is 0 Å². The lowest BCUT2D eigenvalue weighted by Crippen LogP contribution is -2.34. The molecule has 2 rings (SSSR count). The summed E-state index contributed by atoms with van der Waals surface area (Å²) in [5.41, 5.74) is 8.64. The molecule has 88 valence electrons. The molecule has 1 fully saturated rings. The Balaban J connectivity index is 2.26. The molecular formula is C13H20N2O. The van der Waals surface area contributed by atoms with Crippen LogP contribution in [0, 0.1) is 6.92 Å². The fourth-order valence-electron chi connectivity index (χ4n) is 2.35. The number of nitrogens with two attached hydrogens (primary N) is 1. The van der Waals surface area contributed by atoms with Gasteiger partial charge in [0.1, 0.15) is 5.75 Å². The summed E-state index contributed by atoms with van der Waals surface area (Å²) in [4.78, 5) is 0. The molecule has 0 radical (unpaired) electrons. The van der Waals surface area contributed by atoms with Gasteiger partial charge >= 0.3 is 0 Å². The largest absolute Gasteiger partial charge is 0.496 e. The van der Waals surface area contributed by atoms with Crippen molar-refractivity contribution in [2.75, 3.05) is 13.7 Å². The Hall–Kier alpha value is -1.06. The van der Waals surface area contributed by atoms with E-state index in [9.17, 15) is 0 Å². The van der Waals surface area contributed by atoms with E-state index in [0.717, 1.165) is 24.3 Å². The summed E-state index contributed by atoms with van der Waals surface area (Å²) in [6.07, 6.45) is 2.37. The normalized spacial score (nSPS) is 22.1. The molecule has 0 spiro atoms. The van der Waals surface area contributed by atoms with E-state index in [1.807, 2.05) is 6.07 Å². The van der Waals surface area contributed by atoms with E-state index in [0.29, 0.717) is 6.04 Å². The summed E-state index contributed by atoms with van der Waals surface area (Å²) >= 11 is 0. The zero-order chi connectivity index (χ0) is 11.5. The van der Waals surface area contributed by atoms with Gasteiger partial charge in [0, 0.05) is 17.6 Å². The molecule has 0 aliphatic carbocycles. The maximum atomic E-state index is 6.30. The van der Waals surface area contributed by atoms with Crippen LogP contribution in [-0.2, 0) is 0 Å². The fraction of sp³-hybridized carbons (Fsp3) is 0.538. The number of hydrogen-bond donors (Lipinski definition) is 2. The topological polar surface area (TPSA) is 47.3 Å². The van der Waals surface area contributed by atoms with Gasteiger partial charge in [-0.15, -0.1) is 0 Å². The third kappa shape index (κ3) is 2.20. The summed E-state index contributed by atoms with van der Waals surface area (Å²) < 4.78 is 5.37. The van der Waals surface area contributed by atoms with Gasteiger partial charge in [-0.3, -0.25) is 0 Å². The molecule has 0 aromatic heterocycles. The Bertz CT molecular complexity index is 359. The molecule has 16 heavy (non-hydrogen) atoms. The monoisotopic (exact) mass is 220 g/mol. The second-order valence-corrected chi connectivity index (χ2v) is 4.47. The van der Waals surface area contributed by atoms with Crippen molar-refractivity contribution in [1.82, 2.24) is 5.32 Å². The predicted octanol–water partition coefficient (Wildman–Crippen LogP) is 1.76. The highest BCUT2D eigenvalue weighted by Gasteiger charge is 2.24. The molecule has 3 nitrogen and oxygen atoms in total. The Labute approximate surface area is 97.0 Å². The Morgan fingerprint density at radius 2 is 2.31 bits per heavy atom. The van der Waals surface area contributed by atoms with E-state index in [1.165, 1.54) is 12.0 Å². The molecule has 2 atom stereocenters. The van der Waals surface area contributed by atoms with E-state index in [1.54, 1.807) is 7.11 Å². The Kier molecular flexibility index (Phi) is 3.46. The van der Waals surface area contributed by atoms with Gasteiger partial charge in [-0.2, -0.15) is 0 Å². The van der Waals surface area contributed by atoms with E-state index in [-0.39, 0.29) is 6.04 Å². The second kappa shape index (κ2) is 4.85. The van der Waals surface area contributed by atoms with Crippen molar-refractivity contribution in [2.45, 2.75) is 31.8 Å². The lowest BCUT2D eigenvalue weighted by atomic mass is 9.96. The molecule has 1 aliphatic heterocycles. The first-order chi connectivity index (χ1) is 7.72.